The van der Waals surface area contributed by atoms with E-state index >= 15 is 0 Å². The highest BCUT2D eigenvalue weighted by Gasteiger charge is 2.39. The van der Waals surface area contributed by atoms with Gasteiger partial charge in [-0.1, -0.05) is 23.2 Å². The second-order valence-electron chi connectivity index (χ2n) is 5.31. The van der Waals surface area contributed by atoms with Crippen LogP contribution in [-0.2, 0) is 6.54 Å². The number of aliphatic hydroxyl groups is 1. The molecule has 0 aromatic heterocycles. The van der Waals surface area contributed by atoms with E-state index in [0.29, 0.717) is 23.1 Å². The zero-order valence-corrected chi connectivity index (χ0v) is 12.1. The number of rotatable bonds is 3. The lowest BCUT2D eigenvalue weighted by Crippen LogP contribution is -2.47. The zero-order valence-electron chi connectivity index (χ0n) is 10.6. The third-order valence-corrected chi connectivity index (χ3v) is 4.20. The lowest BCUT2D eigenvalue weighted by Gasteiger charge is -2.38. The van der Waals surface area contributed by atoms with Gasteiger partial charge in [0.15, 0.2) is 0 Å². The minimum atomic E-state index is -0.334. The second kappa shape index (κ2) is 4.99. The standard InChI is InChI=1S/C13H18Cl2N2O/c1-13(2,7-18)17-6-10-9(12(17)5-16)3-8(14)4-11(10)15/h3-4,12,18H,5-7,16H2,1-2H3. The monoisotopic (exact) mass is 288 g/mol. The first-order valence-corrected chi connectivity index (χ1v) is 6.72. The van der Waals surface area contributed by atoms with E-state index in [4.69, 9.17) is 28.9 Å². The fourth-order valence-electron chi connectivity index (χ4n) is 2.52. The lowest BCUT2D eigenvalue weighted by molar-refractivity contribution is 0.0293. The molecule has 0 saturated heterocycles. The maximum atomic E-state index is 9.53. The van der Waals surface area contributed by atoms with Gasteiger partial charge in [-0.05, 0) is 37.1 Å². The molecule has 18 heavy (non-hydrogen) atoms. The van der Waals surface area contributed by atoms with E-state index < -0.39 is 0 Å². The molecular weight excluding hydrogens is 271 g/mol. The molecule has 0 spiro atoms. The van der Waals surface area contributed by atoms with Crippen LogP contribution in [0.3, 0.4) is 0 Å². The van der Waals surface area contributed by atoms with Gasteiger partial charge in [0.1, 0.15) is 0 Å². The molecule has 1 aliphatic rings. The number of hydrogen-bond donors (Lipinski definition) is 2. The van der Waals surface area contributed by atoms with Crippen molar-refractivity contribution in [2.75, 3.05) is 13.2 Å². The van der Waals surface area contributed by atoms with Gasteiger partial charge in [-0.25, -0.2) is 0 Å². The van der Waals surface area contributed by atoms with E-state index in [2.05, 4.69) is 4.90 Å². The summed E-state index contributed by atoms with van der Waals surface area (Å²) in [5.41, 5.74) is 7.69. The Kier molecular flexibility index (Phi) is 3.90. The quantitative estimate of drug-likeness (QED) is 0.899. The Hall–Kier alpha value is -0.320. The molecule has 2 rings (SSSR count). The summed E-state index contributed by atoms with van der Waals surface area (Å²) >= 11 is 12.3. The SMILES string of the molecule is CC(C)(CO)N1Cc2c(Cl)cc(Cl)cc2C1CN. The van der Waals surface area contributed by atoms with Crippen LogP contribution in [0, 0.1) is 0 Å². The topological polar surface area (TPSA) is 49.5 Å². The molecule has 0 radical (unpaired) electrons. The summed E-state index contributed by atoms with van der Waals surface area (Å²) in [5, 5.41) is 10.8. The first-order chi connectivity index (χ1) is 8.40. The van der Waals surface area contributed by atoms with Crippen LogP contribution in [0.15, 0.2) is 12.1 Å². The number of halogens is 2. The largest absolute Gasteiger partial charge is 0.394 e. The van der Waals surface area contributed by atoms with Crippen LogP contribution in [0.2, 0.25) is 10.0 Å². The van der Waals surface area contributed by atoms with Gasteiger partial charge in [-0.15, -0.1) is 0 Å². The van der Waals surface area contributed by atoms with Crippen molar-refractivity contribution in [3.05, 3.63) is 33.3 Å². The summed E-state index contributed by atoms with van der Waals surface area (Å²) in [7, 11) is 0. The summed E-state index contributed by atoms with van der Waals surface area (Å²) in [6.07, 6.45) is 0. The number of aliphatic hydroxyl groups excluding tert-OH is 1. The molecule has 3 nitrogen and oxygen atoms in total. The van der Waals surface area contributed by atoms with E-state index in [1.54, 1.807) is 6.07 Å². The molecule has 0 bridgehead atoms. The van der Waals surface area contributed by atoms with E-state index in [-0.39, 0.29) is 18.2 Å². The Morgan fingerprint density at radius 2 is 2.11 bits per heavy atom. The zero-order chi connectivity index (χ0) is 13.5. The molecule has 1 aliphatic heterocycles. The molecule has 0 saturated carbocycles. The van der Waals surface area contributed by atoms with Crippen molar-refractivity contribution in [2.24, 2.45) is 5.73 Å². The van der Waals surface area contributed by atoms with Gasteiger partial charge < -0.3 is 10.8 Å². The van der Waals surface area contributed by atoms with Gasteiger partial charge in [0.2, 0.25) is 0 Å². The Labute approximate surface area is 117 Å². The maximum Gasteiger partial charge on any atom is 0.0610 e. The van der Waals surface area contributed by atoms with Crippen molar-refractivity contribution in [1.82, 2.24) is 4.90 Å². The fraction of sp³-hybridized carbons (Fsp3) is 0.538. The fourth-order valence-corrected chi connectivity index (χ4v) is 3.09. The Balaban J connectivity index is 2.46. The molecule has 1 atom stereocenters. The van der Waals surface area contributed by atoms with Crippen LogP contribution in [0.25, 0.3) is 0 Å². The van der Waals surface area contributed by atoms with Crippen LogP contribution in [0.4, 0.5) is 0 Å². The molecule has 1 heterocycles. The summed E-state index contributed by atoms with van der Waals surface area (Å²) in [4.78, 5) is 2.18. The number of nitrogens with two attached hydrogens (primary N) is 1. The van der Waals surface area contributed by atoms with E-state index in [9.17, 15) is 5.11 Å². The van der Waals surface area contributed by atoms with Gasteiger partial charge >= 0.3 is 0 Å². The Morgan fingerprint density at radius 3 is 2.67 bits per heavy atom. The van der Waals surface area contributed by atoms with Crippen molar-refractivity contribution >= 4 is 23.2 Å². The average molecular weight is 289 g/mol. The normalized spacial score (nSPS) is 20.2. The predicted octanol–water partition coefficient (Wildman–Crippen LogP) is 2.58. The lowest BCUT2D eigenvalue weighted by atomic mass is 10.0. The van der Waals surface area contributed by atoms with E-state index in [1.807, 2.05) is 19.9 Å². The van der Waals surface area contributed by atoms with Crippen molar-refractivity contribution in [3.63, 3.8) is 0 Å². The molecular formula is C13H18Cl2N2O. The predicted molar refractivity (Wildman–Crippen MR) is 75.0 cm³/mol. The molecule has 0 amide bonds. The minimum absolute atomic E-state index is 0.0540. The minimum Gasteiger partial charge on any atom is -0.394 e. The van der Waals surface area contributed by atoms with Crippen LogP contribution in [0.1, 0.15) is 31.0 Å². The highest BCUT2D eigenvalue weighted by atomic mass is 35.5. The van der Waals surface area contributed by atoms with Gasteiger partial charge in [0.25, 0.3) is 0 Å². The van der Waals surface area contributed by atoms with Gasteiger partial charge in [0.05, 0.1) is 6.61 Å². The molecule has 5 heteroatoms. The average Bonchev–Trinajstić information content (AvgIpc) is 2.68. The summed E-state index contributed by atoms with van der Waals surface area (Å²) in [6.45, 7) is 5.24. The van der Waals surface area contributed by atoms with Crippen LogP contribution in [-0.4, -0.2) is 28.7 Å². The molecule has 100 valence electrons. The van der Waals surface area contributed by atoms with Crippen molar-refractivity contribution in [3.8, 4) is 0 Å². The van der Waals surface area contributed by atoms with E-state index in [1.165, 1.54) is 0 Å². The number of fused-ring (bicyclic) bond motifs is 1. The van der Waals surface area contributed by atoms with Crippen LogP contribution >= 0.6 is 23.2 Å². The number of benzene rings is 1. The third-order valence-electron chi connectivity index (χ3n) is 3.65. The first-order valence-electron chi connectivity index (χ1n) is 5.96. The molecule has 1 unspecified atom stereocenters. The molecule has 0 aliphatic carbocycles. The van der Waals surface area contributed by atoms with Crippen molar-refractivity contribution < 1.29 is 5.11 Å². The second-order valence-corrected chi connectivity index (χ2v) is 6.15. The summed E-state index contributed by atoms with van der Waals surface area (Å²) in [5.74, 6) is 0. The number of nitrogens with zero attached hydrogens (tertiary/aromatic N) is 1. The van der Waals surface area contributed by atoms with Crippen LogP contribution in [0.5, 0.6) is 0 Å². The summed E-state index contributed by atoms with van der Waals surface area (Å²) in [6, 6.07) is 3.73. The van der Waals surface area contributed by atoms with E-state index in [0.717, 1.165) is 11.1 Å². The molecule has 0 fully saturated rings. The highest BCUT2D eigenvalue weighted by molar-refractivity contribution is 6.35. The Morgan fingerprint density at radius 1 is 1.44 bits per heavy atom. The molecule has 3 N–H and O–H groups in total. The van der Waals surface area contributed by atoms with Crippen molar-refractivity contribution in [2.45, 2.75) is 32.0 Å². The van der Waals surface area contributed by atoms with Gasteiger partial charge in [0, 0.05) is 34.7 Å². The smallest absolute Gasteiger partial charge is 0.0610 e. The van der Waals surface area contributed by atoms with Crippen LogP contribution < -0.4 is 5.73 Å². The van der Waals surface area contributed by atoms with Crippen molar-refractivity contribution in [1.29, 1.82) is 0 Å². The first kappa shape index (κ1) is 14.1. The summed E-state index contributed by atoms with van der Waals surface area (Å²) < 4.78 is 0. The van der Waals surface area contributed by atoms with Gasteiger partial charge in [-0.2, -0.15) is 0 Å². The highest BCUT2D eigenvalue weighted by Crippen LogP contribution is 2.42. The maximum absolute atomic E-state index is 9.53. The third kappa shape index (κ3) is 2.26. The molecule has 1 aromatic carbocycles. The van der Waals surface area contributed by atoms with Gasteiger partial charge in [-0.3, -0.25) is 4.90 Å². The Bertz CT molecular complexity index is 463. The number of hydrogen-bond acceptors (Lipinski definition) is 3. The molecule has 1 aromatic rings.